The van der Waals surface area contributed by atoms with Crippen LogP contribution in [-0.4, -0.2) is 22.4 Å². The molecule has 1 aromatic carbocycles. The lowest BCUT2D eigenvalue weighted by molar-refractivity contribution is -0.143. The summed E-state index contributed by atoms with van der Waals surface area (Å²) in [5.74, 6) is -1.03. The summed E-state index contributed by atoms with van der Waals surface area (Å²) in [4.78, 5) is 15.3. The fourth-order valence-corrected chi connectivity index (χ4v) is 1.86. The summed E-state index contributed by atoms with van der Waals surface area (Å²) >= 11 is 0. The molecule has 1 atom stereocenters. The number of benzene rings is 1. The first-order valence-electron chi connectivity index (χ1n) is 4.72. The SMILES string of the molecule is O=C(O)C1(c2ccccc2O)CCC=N1. The van der Waals surface area contributed by atoms with Crippen molar-refractivity contribution in [3.05, 3.63) is 29.8 Å². The Labute approximate surface area is 86.9 Å². The number of phenolic OH excluding ortho intramolecular Hbond substituents is 1. The fraction of sp³-hybridized carbons (Fsp3) is 0.273. The number of carboxylic acid groups (broad SMARTS) is 1. The maximum atomic E-state index is 11.3. The van der Waals surface area contributed by atoms with Crippen molar-refractivity contribution in [2.75, 3.05) is 0 Å². The first-order valence-corrected chi connectivity index (χ1v) is 4.72. The smallest absolute Gasteiger partial charge is 0.336 e. The van der Waals surface area contributed by atoms with Crippen molar-refractivity contribution in [3.8, 4) is 5.75 Å². The van der Waals surface area contributed by atoms with Gasteiger partial charge in [-0.1, -0.05) is 18.2 Å². The number of hydrogen-bond acceptors (Lipinski definition) is 3. The molecular formula is C11H11NO3. The van der Waals surface area contributed by atoms with Crippen LogP contribution in [0.15, 0.2) is 29.3 Å². The molecule has 0 bridgehead atoms. The topological polar surface area (TPSA) is 69.9 Å². The summed E-state index contributed by atoms with van der Waals surface area (Å²) in [7, 11) is 0. The fourth-order valence-electron chi connectivity index (χ4n) is 1.86. The summed E-state index contributed by atoms with van der Waals surface area (Å²) < 4.78 is 0. The van der Waals surface area contributed by atoms with Crippen LogP contribution in [0.4, 0.5) is 0 Å². The first-order chi connectivity index (χ1) is 7.17. The molecule has 1 unspecified atom stereocenters. The number of carboxylic acids is 1. The molecule has 1 heterocycles. The number of para-hydroxylation sites is 1. The van der Waals surface area contributed by atoms with E-state index in [9.17, 15) is 15.0 Å². The number of rotatable bonds is 2. The van der Waals surface area contributed by atoms with Gasteiger partial charge in [0.05, 0.1) is 0 Å². The Morgan fingerprint density at radius 3 is 2.67 bits per heavy atom. The van der Waals surface area contributed by atoms with E-state index < -0.39 is 11.5 Å². The number of phenols is 1. The molecule has 4 nitrogen and oxygen atoms in total. The van der Waals surface area contributed by atoms with Gasteiger partial charge in [-0.25, -0.2) is 4.79 Å². The second-order valence-electron chi connectivity index (χ2n) is 3.53. The number of nitrogens with zero attached hydrogens (tertiary/aromatic N) is 1. The molecule has 4 heteroatoms. The van der Waals surface area contributed by atoms with Gasteiger partial charge in [0.2, 0.25) is 0 Å². The van der Waals surface area contributed by atoms with Crippen LogP contribution >= 0.6 is 0 Å². The van der Waals surface area contributed by atoms with Gasteiger partial charge in [0.1, 0.15) is 5.75 Å². The zero-order valence-corrected chi connectivity index (χ0v) is 8.05. The Balaban J connectivity index is 2.56. The number of aromatic hydroxyl groups is 1. The summed E-state index contributed by atoms with van der Waals surface area (Å²) in [5.41, 5.74) is -0.919. The molecule has 0 amide bonds. The molecule has 0 radical (unpaired) electrons. The molecule has 0 fully saturated rings. The summed E-state index contributed by atoms with van der Waals surface area (Å²) in [6.45, 7) is 0. The lowest BCUT2D eigenvalue weighted by Gasteiger charge is -2.22. The Hall–Kier alpha value is -1.84. The number of aliphatic carboxylic acids is 1. The minimum Gasteiger partial charge on any atom is -0.508 e. The van der Waals surface area contributed by atoms with E-state index in [1.807, 2.05) is 0 Å². The highest BCUT2D eigenvalue weighted by Crippen LogP contribution is 2.39. The van der Waals surface area contributed by atoms with E-state index in [0.717, 1.165) is 0 Å². The van der Waals surface area contributed by atoms with Crippen LogP contribution in [0.1, 0.15) is 18.4 Å². The molecule has 1 aliphatic rings. The van der Waals surface area contributed by atoms with Crippen LogP contribution in [0.5, 0.6) is 5.75 Å². The number of hydrogen-bond donors (Lipinski definition) is 2. The molecule has 0 spiro atoms. The molecule has 0 saturated carbocycles. The third-order valence-corrected chi connectivity index (χ3v) is 2.65. The highest BCUT2D eigenvalue weighted by atomic mass is 16.4. The molecule has 2 rings (SSSR count). The van der Waals surface area contributed by atoms with Crippen LogP contribution in [0.3, 0.4) is 0 Å². The van der Waals surface area contributed by atoms with Gasteiger partial charge in [-0.3, -0.25) is 4.99 Å². The van der Waals surface area contributed by atoms with Gasteiger partial charge in [-0.2, -0.15) is 0 Å². The highest BCUT2D eigenvalue weighted by Gasteiger charge is 2.43. The van der Waals surface area contributed by atoms with E-state index in [0.29, 0.717) is 18.4 Å². The predicted molar refractivity (Wildman–Crippen MR) is 55.1 cm³/mol. The van der Waals surface area contributed by atoms with Gasteiger partial charge in [0.15, 0.2) is 5.54 Å². The van der Waals surface area contributed by atoms with Crippen molar-refractivity contribution in [2.24, 2.45) is 4.99 Å². The minimum absolute atomic E-state index is 0.0149. The Kier molecular flexibility index (Phi) is 2.19. The Morgan fingerprint density at radius 2 is 2.13 bits per heavy atom. The van der Waals surface area contributed by atoms with Gasteiger partial charge >= 0.3 is 5.97 Å². The van der Waals surface area contributed by atoms with Gasteiger partial charge in [-0.05, 0) is 18.9 Å². The third-order valence-electron chi connectivity index (χ3n) is 2.65. The lowest BCUT2D eigenvalue weighted by atomic mass is 9.87. The van der Waals surface area contributed by atoms with Gasteiger partial charge < -0.3 is 10.2 Å². The predicted octanol–water partition coefficient (Wildman–Crippen LogP) is 1.54. The molecule has 1 aromatic rings. The standard InChI is InChI=1S/C11H11NO3/c13-9-5-2-1-4-8(9)11(10(14)15)6-3-7-12-11/h1-2,4-5,7,13H,3,6H2,(H,14,15). The third kappa shape index (κ3) is 1.38. The molecule has 0 aromatic heterocycles. The van der Waals surface area contributed by atoms with Crippen LogP contribution < -0.4 is 0 Å². The lowest BCUT2D eigenvalue weighted by Crippen LogP contribution is -2.31. The quantitative estimate of drug-likeness (QED) is 0.769. The second-order valence-corrected chi connectivity index (χ2v) is 3.53. The average Bonchev–Trinajstić information content (AvgIpc) is 2.68. The van der Waals surface area contributed by atoms with Crippen molar-refractivity contribution in [1.82, 2.24) is 0 Å². The van der Waals surface area contributed by atoms with Crippen molar-refractivity contribution in [2.45, 2.75) is 18.4 Å². The number of carbonyl (C=O) groups is 1. The normalized spacial score (nSPS) is 24.3. The van der Waals surface area contributed by atoms with E-state index in [4.69, 9.17) is 0 Å². The number of aliphatic imine (C=N–C) groups is 1. The molecule has 1 aliphatic heterocycles. The van der Waals surface area contributed by atoms with Crippen molar-refractivity contribution < 1.29 is 15.0 Å². The molecule has 0 saturated heterocycles. The molecule has 0 aliphatic carbocycles. The zero-order valence-electron chi connectivity index (χ0n) is 8.05. The van der Waals surface area contributed by atoms with E-state index in [2.05, 4.69) is 4.99 Å². The Morgan fingerprint density at radius 1 is 1.40 bits per heavy atom. The summed E-state index contributed by atoms with van der Waals surface area (Å²) in [5, 5.41) is 18.9. The van der Waals surface area contributed by atoms with Gasteiger partial charge in [0.25, 0.3) is 0 Å². The van der Waals surface area contributed by atoms with Crippen LogP contribution in [0, 0.1) is 0 Å². The van der Waals surface area contributed by atoms with Crippen LogP contribution in [-0.2, 0) is 10.3 Å². The van der Waals surface area contributed by atoms with E-state index in [1.54, 1.807) is 24.4 Å². The van der Waals surface area contributed by atoms with Crippen LogP contribution in [0.25, 0.3) is 0 Å². The maximum Gasteiger partial charge on any atom is 0.336 e. The van der Waals surface area contributed by atoms with Crippen LogP contribution in [0.2, 0.25) is 0 Å². The molecule has 78 valence electrons. The van der Waals surface area contributed by atoms with Crippen molar-refractivity contribution in [3.63, 3.8) is 0 Å². The summed E-state index contributed by atoms with van der Waals surface area (Å²) in [6.07, 6.45) is 2.63. The van der Waals surface area contributed by atoms with Gasteiger partial charge in [-0.15, -0.1) is 0 Å². The first kappa shape index (κ1) is 9.71. The van der Waals surface area contributed by atoms with Crippen molar-refractivity contribution in [1.29, 1.82) is 0 Å². The highest BCUT2D eigenvalue weighted by molar-refractivity contribution is 5.86. The largest absolute Gasteiger partial charge is 0.508 e. The van der Waals surface area contributed by atoms with E-state index in [-0.39, 0.29) is 5.75 Å². The van der Waals surface area contributed by atoms with E-state index in [1.165, 1.54) is 6.07 Å². The maximum absolute atomic E-state index is 11.3. The van der Waals surface area contributed by atoms with Crippen molar-refractivity contribution >= 4 is 12.2 Å². The minimum atomic E-state index is -1.29. The average molecular weight is 205 g/mol. The second kappa shape index (κ2) is 3.38. The Bertz CT molecular complexity index is 428. The summed E-state index contributed by atoms with van der Waals surface area (Å²) in [6, 6.07) is 6.45. The molecular weight excluding hydrogens is 194 g/mol. The zero-order chi connectivity index (χ0) is 10.9. The molecule has 2 N–H and O–H groups in total. The van der Waals surface area contributed by atoms with E-state index >= 15 is 0 Å². The van der Waals surface area contributed by atoms with Gasteiger partial charge in [0, 0.05) is 11.8 Å². The monoisotopic (exact) mass is 205 g/mol. The molecule has 15 heavy (non-hydrogen) atoms.